The van der Waals surface area contributed by atoms with Gasteiger partial charge in [0.25, 0.3) is 0 Å². The molecule has 1 heterocycles. The summed E-state index contributed by atoms with van der Waals surface area (Å²) in [6.45, 7) is 2.59. The van der Waals surface area contributed by atoms with Crippen LogP contribution >= 0.6 is 0 Å². The lowest BCUT2D eigenvalue weighted by molar-refractivity contribution is 0.410. The summed E-state index contributed by atoms with van der Waals surface area (Å²) in [5.74, 6) is 0.883. The van der Waals surface area contributed by atoms with Crippen molar-refractivity contribution in [2.24, 2.45) is 5.73 Å². The number of nitrogens with two attached hydrogens (primary N) is 1. The fraction of sp³-hybridized carbons (Fsp3) is 0.444. The van der Waals surface area contributed by atoms with Gasteiger partial charge in [-0.1, -0.05) is 0 Å². The van der Waals surface area contributed by atoms with E-state index in [1.807, 2.05) is 19.2 Å². The highest BCUT2D eigenvalue weighted by molar-refractivity contribution is 5.31. The van der Waals surface area contributed by atoms with E-state index in [0.29, 0.717) is 6.54 Å². The minimum Gasteiger partial charge on any atom is -0.496 e. The van der Waals surface area contributed by atoms with Crippen molar-refractivity contribution in [2.45, 2.75) is 13.3 Å². The highest BCUT2D eigenvalue weighted by Crippen LogP contribution is 2.16. The predicted molar refractivity (Wildman–Crippen MR) is 48.3 cm³/mol. The number of hydrogen-bond acceptors (Lipinski definition) is 3. The second kappa shape index (κ2) is 4.07. The van der Waals surface area contributed by atoms with E-state index in [2.05, 4.69) is 4.98 Å². The molecule has 0 aromatic carbocycles. The Hall–Kier alpha value is -1.09. The summed E-state index contributed by atoms with van der Waals surface area (Å²) in [6, 6.07) is 1.93. The van der Waals surface area contributed by atoms with Crippen molar-refractivity contribution in [3.05, 3.63) is 23.5 Å². The molecule has 0 unspecified atom stereocenters. The highest BCUT2D eigenvalue weighted by atomic mass is 16.5. The Kier molecular flexibility index (Phi) is 3.05. The van der Waals surface area contributed by atoms with Crippen LogP contribution in [-0.4, -0.2) is 18.6 Å². The Bertz CT molecular complexity index is 261. The van der Waals surface area contributed by atoms with E-state index in [-0.39, 0.29) is 0 Å². The average molecular weight is 166 g/mol. The third-order valence-corrected chi connectivity index (χ3v) is 1.73. The summed E-state index contributed by atoms with van der Waals surface area (Å²) in [5.41, 5.74) is 7.45. The zero-order valence-corrected chi connectivity index (χ0v) is 7.50. The summed E-state index contributed by atoms with van der Waals surface area (Å²) >= 11 is 0. The molecule has 0 amide bonds. The number of nitrogens with zero attached hydrogens (tertiary/aromatic N) is 1. The zero-order chi connectivity index (χ0) is 8.97. The molecule has 0 aliphatic heterocycles. The molecule has 0 aliphatic rings. The largest absolute Gasteiger partial charge is 0.496 e. The number of methoxy groups -OCH3 is 1. The number of hydrogen-bond donors (Lipinski definition) is 1. The van der Waals surface area contributed by atoms with E-state index < -0.39 is 0 Å². The van der Waals surface area contributed by atoms with Crippen LogP contribution in [0.1, 0.15) is 11.3 Å². The van der Waals surface area contributed by atoms with E-state index in [0.717, 1.165) is 23.4 Å². The molecule has 66 valence electrons. The predicted octanol–water partition coefficient (Wildman–Crippen LogP) is 0.900. The lowest BCUT2D eigenvalue weighted by Crippen LogP contribution is -2.04. The SMILES string of the molecule is COc1cc(CCN)ncc1C. The molecular weight excluding hydrogens is 152 g/mol. The molecule has 0 saturated carbocycles. The first kappa shape index (κ1) is 9.00. The van der Waals surface area contributed by atoms with Crippen LogP contribution < -0.4 is 10.5 Å². The monoisotopic (exact) mass is 166 g/mol. The fourth-order valence-electron chi connectivity index (χ4n) is 1.05. The van der Waals surface area contributed by atoms with Crippen LogP contribution in [-0.2, 0) is 6.42 Å². The van der Waals surface area contributed by atoms with Crippen molar-refractivity contribution < 1.29 is 4.74 Å². The molecule has 0 atom stereocenters. The van der Waals surface area contributed by atoms with Crippen LogP contribution in [0.3, 0.4) is 0 Å². The maximum absolute atomic E-state index is 5.41. The van der Waals surface area contributed by atoms with Gasteiger partial charge >= 0.3 is 0 Å². The van der Waals surface area contributed by atoms with Crippen LogP contribution in [0, 0.1) is 6.92 Å². The van der Waals surface area contributed by atoms with Crippen LogP contribution in [0.25, 0.3) is 0 Å². The number of ether oxygens (including phenoxy) is 1. The van der Waals surface area contributed by atoms with Crippen LogP contribution in [0.5, 0.6) is 5.75 Å². The van der Waals surface area contributed by atoms with Gasteiger partial charge in [0.15, 0.2) is 0 Å². The maximum atomic E-state index is 5.41. The second-order valence-corrected chi connectivity index (χ2v) is 2.68. The Labute approximate surface area is 72.6 Å². The van der Waals surface area contributed by atoms with E-state index in [9.17, 15) is 0 Å². The van der Waals surface area contributed by atoms with Gasteiger partial charge in [-0.25, -0.2) is 0 Å². The van der Waals surface area contributed by atoms with Gasteiger partial charge in [0.2, 0.25) is 0 Å². The van der Waals surface area contributed by atoms with Gasteiger partial charge in [-0.2, -0.15) is 0 Å². The van der Waals surface area contributed by atoms with Gasteiger partial charge < -0.3 is 10.5 Å². The Morgan fingerprint density at radius 2 is 2.33 bits per heavy atom. The van der Waals surface area contributed by atoms with Crippen molar-refractivity contribution in [1.29, 1.82) is 0 Å². The lowest BCUT2D eigenvalue weighted by Gasteiger charge is -2.05. The molecule has 2 N–H and O–H groups in total. The van der Waals surface area contributed by atoms with Gasteiger partial charge in [0.05, 0.1) is 7.11 Å². The molecule has 1 aromatic heterocycles. The third kappa shape index (κ3) is 1.95. The molecule has 0 radical (unpaired) electrons. The van der Waals surface area contributed by atoms with E-state index in [4.69, 9.17) is 10.5 Å². The molecule has 12 heavy (non-hydrogen) atoms. The standard InChI is InChI=1S/C9H14N2O/c1-7-6-11-8(3-4-10)5-9(7)12-2/h5-6H,3-4,10H2,1-2H3. The molecule has 3 heteroatoms. The molecule has 0 fully saturated rings. The van der Waals surface area contributed by atoms with Crippen molar-refractivity contribution in [1.82, 2.24) is 4.98 Å². The van der Waals surface area contributed by atoms with E-state index >= 15 is 0 Å². The number of aryl methyl sites for hydroxylation is 1. The molecule has 0 saturated heterocycles. The topological polar surface area (TPSA) is 48.1 Å². The summed E-state index contributed by atoms with van der Waals surface area (Å²) in [6.07, 6.45) is 2.61. The van der Waals surface area contributed by atoms with Crippen LogP contribution in [0.4, 0.5) is 0 Å². The van der Waals surface area contributed by atoms with Crippen LogP contribution in [0.15, 0.2) is 12.3 Å². The first-order chi connectivity index (χ1) is 5.77. The second-order valence-electron chi connectivity index (χ2n) is 2.68. The lowest BCUT2D eigenvalue weighted by atomic mass is 10.2. The Balaban J connectivity index is 2.89. The highest BCUT2D eigenvalue weighted by Gasteiger charge is 2.00. The van der Waals surface area contributed by atoms with Gasteiger partial charge in [0.1, 0.15) is 5.75 Å². The molecule has 1 aromatic rings. The number of rotatable bonds is 3. The summed E-state index contributed by atoms with van der Waals surface area (Å²) < 4.78 is 5.15. The van der Waals surface area contributed by atoms with Crippen molar-refractivity contribution >= 4 is 0 Å². The van der Waals surface area contributed by atoms with Crippen LogP contribution in [0.2, 0.25) is 0 Å². The minimum absolute atomic E-state index is 0.624. The molecule has 3 nitrogen and oxygen atoms in total. The molecule has 0 bridgehead atoms. The minimum atomic E-state index is 0.624. The summed E-state index contributed by atoms with van der Waals surface area (Å²) in [4.78, 5) is 4.22. The van der Waals surface area contributed by atoms with E-state index in [1.165, 1.54) is 0 Å². The van der Waals surface area contributed by atoms with Gasteiger partial charge in [-0.15, -0.1) is 0 Å². The van der Waals surface area contributed by atoms with Gasteiger partial charge in [0, 0.05) is 29.9 Å². The van der Waals surface area contributed by atoms with Crippen molar-refractivity contribution in [3.8, 4) is 5.75 Å². The summed E-state index contributed by atoms with van der Waals surface area (Å²) in [7, 11) is 1.66. The quantitative estimate of drug-likeness (QED) is 0.725. The van der Waals surface area contributed by atoms with Crippen molar-refractivity contribution in [2.75, 3.05) is 13.7 Å². The molecule has 0 spiro atoms. The first-order valence-electron chi connectivity index (χ1n) is 3.97. The fourth-order valence-corrected chi connectivity index (χ4v) is 1.05. The van der Waals surface area contributed by atoms with Gasteiger partial charge in [-0.05, 0) is 13.5 Å². The van der Waals surface area contributed by atoms with Crippen molar-refractivity contribution in [3.63, 3.8) is 0 Å². The van der Waals surface area contributed by atoms with Gasteiger partial charge in [-0.3, -0.25) is 4.98 Å². The Morgan fingerprint density at radius 1 is 1.58 bits per heavy atom. The molecular formula is C9H14N2O. The van der Waals surface area contributed by atoms with E-state index in [1.54, 1.807) is 7.11 Å². The first-order valence-corrected chi connectivity index (χ1v) is 3.97. The summed E-state index contributed by atoms with van der Waals surface area (Å²) in [5, 5.41) is 0. The normalized spacial score (nSPS) is 9.92. The smallest absolute Gasteiger partial charge is 0.125 e. The zero-order valence-electron chi connectivity index (χ0n) is 7.50. The maximum Gasteiger partial charge on any atom is 0.125 e. The average Bonchev–Trinajstić information content (AvgIpc) is 2.09. The Morgan fingerprint density at radius 3 is 2.92 bits per heavy atom. The molecule has 0 aliphatic carbocycles. The number of aromatic nitrogens is 1. The number of pyridine rings is 1. The molecule has 1 rings (SSSR count). The third-order valence-electron chi connectivity index (χ3n) is 1.73.